The zero-order chi connectivity index (χ0) is 12.7. The van der Waals surface area contributed by atoms with Crippen molar-refractivity contribution in [2.24, 2.45) is 11.8 Å². The standard InChI is InChI=1S/C11H18O2.CH3OP.2Y/c1-7-5-6-11(13-10(4)12)9(3)8(7)2;1-3-2;;/h5,7,9,11H,6H2,1-4H3;1H3;;/q-2;;;. The van der Waals surface area contributed by atoms with Gasteiger partial charge in [0.05, 0.1) is 6.10 Å². The second-order valence-electron chi connectivity index (χ2n) is 4.12. The summed E-state index contributed by atoms with van der Waals surface area (Å²) in [7, 11) is 0.167. The van der Waals surface area contributed by atoms with Gasteiger partial charge in [-0.15, -0.1) is 19.3 Å². The van der Waals surface area contributed by atoms with Crippen LogP contribution < -0.4 is 0 Å². The summed E-state index contributed by atoms with van der Waals surface area (Å²) in [4.78, 5) is 10.8. The summed E-state index contributed by atoms with van der Waals surface area (Å²) in [6.45, 7) is 9.48. The minimum atomic E-state index is -0.174. The number of ether oxygens (including phenoxy) is 1. The van der Waals surface area contributed by atoms with Crippen molar-refractivity contribution in [2.75, 3.05) is 6.66 Å². The molecular weight excluding hydrogens is 401 g/mol. The predicted octanol–water partition coefficient (Wildman–Crippen LogP) is 3.30. The number of hydrogen-bond donors (Lipinski definition) is 0. The Labute approximate surface area is 163 Å². The van der Waals surface area contributed by atoms with Crippen LogP contribution in [0.25, 0.3) is 0 Å². The number of carbonyl (C=O) groups excluding carboxylic acids is 1. The van der Waals surface area contributed by atoms with Crippen molar-refractivity contribution in [3.8, 4) is 0 Å². The van der Waals surface area contributed by atoms with E-state index in [1.54, 1.807) is 6.66 Å². The second kappa shape index (κ2) is 13.7. The van der Waals surface area contributed by atoms with E-state index in [2.05, 4.69) is 27.2 Å². The van der Waals surface area contributed by atoms with Crippen molar-refractivity contribution in [2.45, 2.75) is 40.2 Å². The van der Waals surface area contributed by atoms with Crippen molar-refractivity contribution >= 4 is 14.4 Å². The molecule has 0 aliphatic heterocycles. The smallest absolute Gasteiger partial charge is 0.302 e. The van der Waals surface area contributed by atoms with E-state index in [9.17, 15) is 4.79 Å². The van der Waals surface area contributed by atoms with E-state index in [0.29, 0.717) is 11.8 Å². The summed E-state index contributed by atoms with van der Waals surface area (Å²) in [6, 6.07) is 0. The average Bonchev–Trinajstić information content (AvgIpc) is 2.20. The molecule has 100 valence electrons. The molecule has 1 fully saturated rings. The van der Waals surface area contributed by atoms with Crippen molar-refractivity contribution in [1.82, 2.24) is 0 Å². The van der Waals surface area contributed by atoms with Gasteiger partial charge in [0, 0.05) is 79.0 Å². The fourth-order valence-corrected chi connectivity index (χ4v) is 1.80. The number of esters is 1. The molecule has 1 aliphatic carbocycles. The molecule has 18 heavy (non-hydrogen) atoms. The molecule has 0 saturated heterocycles. The topological polar surface area (TPSA) is 43.4 Å². The molecule has 1 aliphatic rings. The Kier molecular flexibility index (Phi) is 18.9. The summed E-state index contributed by atoms with van der Waals surface area (Å²) >= 11 is 0. The summed E-state index contributed by atoms with van der Waals surface area (Å²) in [6.07, 6.45) is 3.18. The summed E-state index contributed by atoms with van der Waals surface area (Å²) in [5.41, 5.74) is 0. The van der Waals surface area contributed by atoms with Crippen LogP contribution in [0.1, 0.15) is 34.1 Å². The Hall–Kier alpha value is 1.78. The molecule has 0 spiro atoms. The zero-order valence-electron chi connectivity index (χ0n) is 11.8. The molecule has 3 unspecified atom stereocenters. The van der Waals surface area contributed by atoms with Crippen molar-refractivity contribution in [3.05, 3.63) is 12.3 Å². The van der Waals surface area contributed by atoms with Crippen molar-refractivity contribution in [1.29, 1.82) is 0 Å². The third-order valence-electron chi connectivity index (χ3n) is 3.03. The Balaban J connectivity index is -0.000000410. The van der Waals surface area contributed by atoms with Gasteiger partial charge in [0.1, 0.15) is 0 Å². The first-order valence-electron chi connectivity index (χ1n) is 5.49. The molecule has 1 saturated carbocycles. The SMILES string of the molecule is CC(=O)OC1C[CH-]C(C)[C-](C)C1C.CP=O.[Y].[Y]. The molecule has 1 rings (SSSR count). The fraction of sp³-hybridized carbons (Fsp3) is 0.750. The van der Waals surface area contributed by atoms with E-state index in [1.165, 1.54) is 12.8 Å². The minimum absolute atomic E-state index is 0. The Morgan fingerprint density at radius 2 is 1.83 bits per heavy atom. The Morgan fingerprint density at radius 3 is 2.22 bits per heavy atom. The third kappa shape index (κ3) is 9.65. The van der Waals surface area contributed by atoms with Crippen LogP contribution in [0.5, 0.6) is 0 Å². The average molecular weight is 422 g/mol. The number of hydrogen-bond acceptors (Lipinski definition) is 3. The molecule has 3 nitrogen and oxygen atoms in total. The monoisotopic (exact) mass is 422 g/mol. The van der Waals surface area contributed by atoms with E-state index in [4.69, 9.17) is 9.30 Å². The van der Waals surface area contributed by atoms with Crippen molar-refractivity contribution in [3.63, 3.8) is 0 Å². The zero-order valence-corrected chi connectivity index (χ0v) is 18.4. The van der Waals surface area contributed by atoms with E-state index in [-0.39, 0.29) is 86.0 Å². The maximum atomic E-state index is 10.8. The van der Waals surface area contributed by atoms with Gasteiger partial charge in [0.25, 0.3) is 0 Å². The molecule has 0 N–H and O–H groups in total. The normalized spacial score (nSPS) is 27.1. The van der Waals surface area contributed by atoms with Crippen LogP contribution in [0.4, 0.5) is 0 Å². The van der Waals surface area contributed by atoms with Crippen LogP contribution in [0.2, 0.25) is 0 Å². The largest absolute Gasteiger partial charge is 0.468 e. The Morgan fingerprint density at radius 1 is 1.39 bits per heavy atom. The molecule has 0 aromatic rings. The maximum Gasteiger partial charge on any atom is 0.302 e. The minimum Gasteiger partial charge on any atom is -0.468 e. The summed E-state index contributed by atoms with van der Waals surface area (Å²) in [5.74, 6) is 2.19. The van der Waals surface area contributed by atoms with Crippen LogP contribution in [-0.4, -0.2) is 18.7 Å². The number of carbonyl (C=O) groups is 1. The fourth-order valence-electron chi connectivity index (χ4n) is 1.80. The second-order valence-corrected chi connectivity index (χ2v) is 4.49. The van der Waals surface area contributed by atoms with Crippen molar-refractivity contribution < 1.29 is 79.5 Å². The Bertz CT molecular complexity index is 239. The first-order chi connectivity index (χ1) is 7.43. The molecule has 2 radical (unpaired) electrons. The third-order valence-corrected chi connectivity index (χ3v) is 3.03. The molecule has 0 amide bonds. The molecular formula is C12H21O3PY2-2. The van der Waals surface area contributed by atoms with Gasteiger partial charge in [0.2, 0.25) is 0 Å². The van der Waals surface area contributed by atoms with Crippen LogP contribution in [0.15, 0.2) is 0 Å². The van der Waals surface area contributed by atoms with Gasteiger partial charge in [0.15, 0.2) is 8.46 Å². The van der Waals surface area contributed by atoms with Gasteiger partial charge in [-0.3, -0.25) is 15.3 Å². The number of rotatable bonds is 1. The van der Waals surface area contributed by atoms with Gasteiger partial charge < -0.3 is 17.1 Å². The molecule has 0 aromatic heterocycles. The maximum absolute atomic E-state index is 10.8. The first kappa shape index (κ1) is 24.8. The van der Waals surface area contributed by atoms with E-state index in [0.717, 1.165) is 6.42 Å². The van der Waals surface area contributed by atoms with Crippen LogP contribution in [0.3, 0.4) is 0 Å². The van der Waals surface area contributed by atoms with Gasteiger partial charge >= 0.3 is 5.97 Å². The molecule has 3 atom stereocenters. The molecule has 0 bridgehead atoms. The van der Waals surface area contributed by atoms with Crippen LogP contribution >= 0.6 is 8.46 Å². The van der Waals surface area contributed by atoms with E-state index >= 15 is 0 Å². The first-order valence-corrected chi connectivity index (χ1v) is 6.75. The van der Waals surface area contributed by atoms with Gasteiger partial charge in [-0.1, -0.05) is 6.92 Å². The molecule has 0 heterocycles. The van der Waals surface area contributed by atoms with Gasteiger partial charge in [-0.2, -0.15) is 6.92 Å². The quantitative estimate of drug-likeness (QED) is 0.370. The van der Waals surface area contributed by atoms with Gasteiger partial charge in [-0.25, -0.2) is 0 Å². The summed E-state index contributed by atoms with van der Waals surface area (Å²) in [5, 5.41) is 0. The molecule has 0 aromatic carbocycles. The van der Waals surface area contributed by atoms with Gasteiger partial charge in [-0.05, 0) is 0 Å². The van der Waals surface area contributed by atoms with Crippen LogP contribution in [-0.2, 0) is 79.5 Å². The van der Waals surface area contributed by atoms with E-state index < -0.39 is 0 Å². The summed E-state index contributed by atoms with van der Waals surface area (Å²) < 4.78 is 14.1. The van der Waals surface area contributed by atoms with E-state index in [1.807, 2.05) is 0 Å². The molecule has 6 heteroatoms. The predicted molar refractivity (Wildman–Crippen MR) is 65.2 cm³/mol. The van der Waals surface area contributed by atoms with Crippen LogP contribution in [0, 0.1) is 24.2 Å².